The number of aromatic nitrogens is 3. The molecule has 0 bridgehead atoms. The van der Waals surface area contributed by atoms with Gasteiger partial charge < -0.3 is 29.4 Å². The molecule has 3 N–H and O–H groups in total. The van der Waals surface area contributed by atoms with Gasteiger partial charge >= 0.3 is 0 Å². The van der Waals surface area contributed by atoms with Crippen molar-refractivity contribution < 1.29 is 24.5 Å². The second-order valence-electron chi connectivity index (χ2n) is 5.39. The van der Waals surface area contributed by atoms with E-state index in [2.05, 4.69) is 15.3 Å². The van der Waals surface area contributed by atoms with E-state index < -0.39 is 6.29 Å². The third kappa shape index (κ3) is 3.44. The molecule has 1 amide bonds. The van der Waals surface area contributed by atoms with E-state index in [0.717, 1.165) is 0 Å². The molecule has 0 saturated carbocycles. The molecule has 0 aromatic carbocycles. The molecule has 3 aromatic heterocycles. The summed E-state index contributed by atoms with van der Waals surface area (Å²) in [5.74, 6) is 0.200. The van der Waals surface area contributed by atoms with Gasteiger partial charge in [0.2, 0.25) is 5.88 Å². The van der Waals surface area contributed by atoms with Crippen molar-refractivity contribution in [1.82, 2.24) is 19.7 Å². The number of aliphatic hydroxyl groups excluding tert-OH is 1. The maximum absolute atomic E-state index is 11.9. The molecule has 3 rings (SSSR count). The molecule has 136 valence electrons. The van der Waals surface area contributed by atoms with Gasteiger partial charge in [0.05, 0.1) is 30.1 Å². The summed E-state index contributed by atoms with van der Waals surface area (Å²) in [7, 11) is 2.98. The average molecular weight is 358 g/mol. The third-order valence-corrected chi connectivity index (χ3v) is 3.74. The van der Waals surface area contributed by atoms with Crippen LogP contribution in [0, 0.1) is 0 Å². The van der Waals surface area contributed by atoms with E-state index in [1.54, 1.807) is 36.0 Å². The molecule has 3 aromatic rings. The lowest BCUT2D eigenvalue weighted by Gasteiger charge is -2.12. The zero-order valence-electron chi connectivity index (χ0n) is 14.2. The fourth-order valence-corrected chi connectivity index (χ4v) is 2.47. The summed E-state index contributed by atoms with van der Waals surface area (Å²) >= 11 is 0. The van der Waals surface area contributed by atoms with E-state index in [9.17, 15) is 15.0 Å². The van der Waals surface area contributed by atoms with E-state index in [1.165, 1.54) is 19.4 Å². The number of ether oxygens (including phenoxy) is 2. The zero-order valence-corrected chi connectivity index (χ0v) is 14.2. The molecule has 0 saturated heterocycles. The van der Waals surface area contributed by atoms with Crippen LogP contribution in [-0.2, 0) is 6.61 Å². The first-order chi connectivity index (χ1) is 12.5. The van der Waals surface area contributed by atoms with Crippen molar-refractivity contribution in [2.75, 3.05) is 14.2 Å². The fraction of sp³-hybridized carbons (Fsp3) is 0.235. The second kappa shape index (κ2) is 7.38. The molecule has 0 spiro atoms. The number of rotatable bonds is 6. The number of hydrogen-bond acceptors (Lipinski definition) is 7. The molecule has 0 aliphatic heterocycles. The largest absolute Gasteiger partial charge is 0.485 e. The lowest BCUT2D eigenvalue weighted by Crippen LogP contribution is -2.18. The normalized spacial score (nSPS) is 11.0. The maximum Gasteiger partial charge on any atom is 0.254 e. The van der Waals surface area contributed by atoms with Gasteiger partial charge in [-0.3, -0.25) is 4.79 Å². The molecule has 0 fully saturated rings. The van der Waals surface area contributed by atoms with Crippen LogP contribution < -0.4 is 14.8 Å². The molecule has 0 aliphatic rings. The summed E-state index contributed by atoms with van der Waals surface area (Å²) in [6.07, 6.45) is 3.12. The summed E-state index contributed by atoms with van der Waals surface area (Å²) in [6.45, 7) is 0.0581. The standard InChI is InChI=1S/C17H18N4O5/c1-18-16(22)11-4-3-5-21-8-10(20-15(11)21)9-26-13-7-19-14(25-2)6-12(13)17(23)24/h3-8,17,23-24H,9H2,1-2H3,(H,18,22). The van der Waals surface area contributed by atoms with Gasteiger partial charge in [-0.15, -0.1) is 0 Å². The minimum absolute atomic E-state index is 0.0581. The minimum Gasteiger partial charge on any atom is -0.485 e. The van der Waals surface area contributed by atoms with Crippen molar-refractivity contribution in [3.05, 3.63) is 53.6 Å². The highest BCUT2D eigenvalue weighted by atomic mass is 16.5. The van der Waals surface area contributed by atoms with Gasteiger partial charge in [-0.1, -0.05) is 0 Å². The van der Waals surface area contributed by atoms with Crippen molar-refractivity contribution in [2.45, 2.75) is 12.9 Å². The van der Waals surface area contributed by atoms with Crippen LogP contribution in [0.5, 0.6) is 11.6 Å². The first-order valence-corrected chi connectivity index (χ1v) is 7.75. The number of hydrogen-bond donors (Lipinski definition) is 3. The molecule has 9 heteroatoms. The van der Waals surface area contributed by atoms with Crippen LogP contribution in [0.15, 0.2) is 36.8 Å². The van der Waals surface area contributed by atoms with E-state index in [4.69, 9.17) is 9.47 Å². The van der Waals surface area contributed by atoms with Crippen LogP contribution >= 0.6 is 0 Å². The monoisotopic (exact) mass is 358 g/mol. The quantitative estimate of drug-likeness (QED) is 0.554. The Balaban J connectivity index is 1.85. The van der Waals surface area contributed by atoms with Gasteiger partial charge in [0.1, 0.15) is 18.0 Å². The Labute approximate surface area is 148 Å². The number of aliphatic hydroxyl groups is 2. The van der Waals surface area contributed by atoms with Crippen molar-refractivity contribution >= 4 is 11.6 Å². The summed E-state index contributed by atoms with van der Waals surface area (Å²) in [4.78, 5) is 20.3. The van der Waals surface area contributed by atoms with Crippen LogP contribution in [-0.4, -0.2) is 44.6 Å². The van der Waals surface area contributed by atoms with E-state index >= 15 is 0 Å². The predicted molar refractivity (Wildman–Crippen MR) is 90.9 cm³/mol. The predicted octanol–water partition coefficient (Wildman–Crippen LogP) is 0.660. The summed E-state index contributed by atoms with van der Waals surface area (Å²) in [6, 6.07) is 4.81. The highest BCUT2D eigenvalue weighted by Gasteiger charge is 2.15. The number of carbonyl (C=O) groups excluding carboxylic acids is 1. The molecular weight excluding hydrogens is 340 g/mol. The van der Waals surface area contributed by atoms with E-state index in [0.29, 0.717) is 16.9 Å². The minimum atomic E-state index is -1.73. The van der Waals surface area contributed by atoms with E-state index in [-0.39, 0.29) is 29.7 Å². The average Bonchev–Trinajstić information content (AvgIpc) is 3.08. The summed E-state index contributed by atoms with van der Waals surface area (Å²) in [5.41, 5.74) is 1.64. The van der Waals surface area contributed by atoms with Gasteiger partial charge in [-0.2, -0.15) is 0 Å². The first kappa shape index (κ1) is 17.6. The number of amides is 1. The van der Waals surface area contributed by atoms with E-state index in [1.807, 2.05) is 0 Å². The molecule has 9 nitrogen and oxygen atoms in total. The second-order valence-corrected chi connectivity index (χ2v) is 5.39. The number of carbonyl (C=O) groups is 1. The lowest BCUT2D eigenvalue weighted by molar-refractivity contribution is -0.0445. The van der Waals surface area contributed by atoms with Gasteiger partial charge in [-0.05, 0) is 12.1 Å². The number of nitrogens with one attached hydrogen (secondary N) is 1. The molecule has 0 atom stereocenters. The highest BCUT2D eigenvalue weighted by molar-refractivity contribution is 5.99. The molecule has 0 radical (unpaired) electrons. The first-order valence-electron chi connectivity index (χ1n) is 7.75. The summed E-state index contributed by atoms with van der Waals surface area (Å²) in [5, 5.41) is 21.5. The van der Waals surface area contributed by atoms with Gasteiger partial charge in [-0.25, -0.2) is 9.97 Å². The number of methoxy groups -OCH3 is 1. The molecular formula is C17H18N4O5. The van der Waals surface area contributed by atoms with Crippen LogP contribution in [0.25, 0.3) is 5.65 Å². The third-order valence-electron chi connectivity index (χ3n) is 3.74. The SMILES string of the molecule is CNC(=O)c1cccn2cc(COc3cnc(OC)cc3C(O)O)nc12. The Hall–Kier alpha value is -3.17. The Bertz CT molecular complexity index is 938. The number of nitrogens with zero attached hydrogens (tertiary/aromatic N) is 3. The maximum atomic E-state index is 11.9. The number of imidazole rings is 1. The molecule has 0 unspecified atom stereocenters. The Morgan fingerprint density at radius 1 is 1.42 bits per heavy atom. The molecule has 26 heavy (non-hydrogen) atoms. The number of pyridine rings is 2. The van der Waals surface area contributed by atoms with Gasteiger partial charge in [0.15, 0.2) is 6.29 Å². The van der Waals surface area contributed by atoms with Gasteiger partial charge in [0, 0.05) is 25.5 Å². The zero-order chi connectivity index (χ0) is 18.7. The topological polar surface area (TPSA) is 118 Å². The van der Waals surface area contributed by atoms with Crippen molar-refractivity contribution in [2.24, 2.45) is 0 Å². The molecule has 3 heterocycles. The van der Waals surface area contributed by atoms with Crippen molar-refractivity contribution in [1.29, 1.82) is 0 Å². The highest BCUT2D eigenvalue weighted by Crippen LogP contribution is 2.27. The number of fused-ring (bicyclic) bond motifs is 1. The summed E-state index contributed by atoms with van der Waals surface area (Å²) < 4.78 is 12.3. The van der Waals surface area contributed by atoms with Gasteiger partial charge in [0.25, 0.3) is 5.91 Å². The Kier molecular flexibility index (Phi) is 5.01. The lowest BCUT2D eigenvalue weighted by atomic mass is 10.2. The molecule has 0 aliphatic carbocycles. The Morgan fingerprint density at radius 2 is 2.23 bits per heavy atom. The van der Waals surface area contributed by atoms with Crippen LogP contribution in [0.4, 0.5) is 0 Å². The Morgan fingerprint density at radius 3 is 2.92 bits per heavy atom. The fourth-order valence-electron chi connectivity index (χ4n) is 2.47. The van der Waals surface area contributed by atoms with Crippen LogP contribution in [0.1, 0.15) is 27.9 Å². The van der Waals surface area contributed by atoms with Crippen molar-refractivity contribution in [3.8, 4) is 11.6 Å². The smallest absolute Gasteiger partial charge is 0.254 e. The van der Waals surface area contributed by atoms with Crippen molar-refractivity contribution in [3.63, 3.8) is 0 Å². The van der Waals surface area contributed by atoms with Crippen LogP contribution in [0.3, 0.4) is 0 Å². The van der Waals surface area contributed by atoms with Crippen LogP contribution in [0.2, 0.25) is 0 Å².